The summed E-state index contributed by atoms with van der Waals surface area (Å²) in [6, 6.07) is 7.99. The van der Waals surface area contributed by atoms with Crippen LogP contribution in [0.3, 0.4) is 0 Å². The predicted molar refractivity (Wildman–Crippen MR) is 64.9 cm³/mol. The number of nitrogens with two attached hydrogens (primary N) is 1. The molecular weight excluding hydrogens is 188 g/mol. The summed E-state index contributed by atoms with van der Waals surface area (Å²) in [6.45, 7) is 1.74. The van der Waals surface area contributed by atoms with Gasteiger partial charge in [-0.25, -0.2) is 0 Å². The van der Waals surface area contributed by atoms with Crippen molar-refractivity contribution in [3.8, 4) is 0 Å². The number of aromatic amines is 1. The zero-order valence-corrected chi connectivity index (χ0v) is 8.66. The van der Waals surface area contributed by atoms with Crippen LogP contribution in [0.4, 0.5) is 0 Å². The number of aromatic nitrogens is 1. The SMILES string of the molecule is C[C@@](N)(C=O)Cc1c[nH]c2ccccc12.[HH].[HH]. The van der Waals surface area contributed by atoms with E-state index in [4.69, 9.17) is 5.73 Å². The topological polar surface area (TPSA) is 58.9 Å². The van der Waals surface area contributed by atoms with Crippen molar-refractivity contribution in [2.24, 2.45) is 5.73 Å². The zero-order chi connectivity index (χ0) is 10.9. The Labute approximate surface area is 91.3 Å². The second kappa shape index (κ2) is 3.51. The van der Waals surface area contributed by atoms with Gasteiger partial charge in [-0.1, -0.05) is 18.2 Å². The minimum atomic E-state index is -0.787. The number of benzene rings is 1. The van der Waals surface area contributed by atoms with Crippen LogP contribution >= 0.6 is 0 Å². The lowest BCUT2D eigenvalue weighted by Crippen LogP contribution is -2.40. The number of rotatable bonds is 3. The number of nitrogens with one attached hydrogen (secondary N) is 1. The Balaban J connectivity index is 0.00000128. The normalized spacial score (nSPS) is 15.1. The maximum atomic E-state index is 10.8. The first-order chi connectivity index (χ1) is 7.12. The molecule has 1 atom stereocenters. The van der Waals surface area contributed by atoms with Gasteiger partial charge < -0.3 is 15.5 Å². The fraction of sp³-hybridized carbons (Fsp3) is 0.250. The second-order valence-corrected chi connectivity index (χ2v) is 4.16. The van der Waals surface area contributed by atoms with Gasteiger partial charge in [0.15, 0.2) is 0 Å². The van der Waals surface area contributed by atoms with Crippen LogP contribution in [-0.4, -0.2) is 16.8 Å². The van der Waals surface area contributed by atoms with Crippen molar-refractivity contribution in [2.75, 3.05) is 0 Å². The van der Waals surface area contributed by atoms with Crippen LogP contribution in [0, 0.1) is 0 Å². The first-order valence-electron chi connectivity index (χ1n) is 4.92. The summed E-state index contributed by atoms with van der Waals surface area (Å²) in [7, 11) is 0. The number of aldehydes is 1. The van der Waals surface area contributed by atoms with Crippen molar-refractivity contribution in [3.63, 3.8) is 0 Å². The molecule has 3 heteroatoms. The molecule has 0 aliphatic rings. The van der Waals surface area contributed by atoms with Gasteiger partial charge in [0.2, 0.25) is 0 Å². The lowest BCUT2D eigenvalue weighted by molar-refractivity contribution is -0.111. The first kappa shape index (κ1) is 9.93. The van der Waals surface area contributed by atoms with Gasteiger partial charge in [-0.2, -0.15) is 0 Å². The molecule has 0 saturated heterocycles. The number of H-pyrrole nitrogens is 1. The molecule has 1 aromatic carbocycles. The van der Waals surface area contributed by atoms with Gasteiger partial charge in [-0.15, -0.1) is 0 Å². The fourth-order valence-electron chi connectivity index (χ4n) is 1.73. The standard InChI is InChI=1S/C12H14N2O.2H2/c1-12(13,8-15)6-9-7-14-11-5-3-2-4-10(9)11;;/h2-5,7-8,14H,6,13H2,1H3;2*1H/t12-;;/m0../s1. The maximum absolute atomic E-state index is 10.8. The molecule has 0 fully saturated rings. The van der Waals surface area contributed by atoms with E-state index in [9.17, 15) is 4.79 Å². The monoisotopic (exact) mass is 206 g/mol. The van der Waals surface area contributed by atoms with Crippen molar-refractivity contribution >= 4 is 17.2 Å². The highest BCUT2D eigenvalue weighted by molar-refractivity contribution is 5.83. The lowest BCUT2D eigenvalue weighted by Gasteiger charge is -2.15. The molecule has 3 N–H and O–H groups in total. The predicted octanol–water partition coefficient (Wildman–Crippen LogP) is 2.12. The Morgan fingerprint density at radius 3 is 3.00 bits per heavy atom. The molecule has 0 radical (unpaired) electrons. The van der Waals surface area contributed by atoms with Gasteiger partial charge in [0.1, 0.15) is 6.29 Å². The minimum absolute atomic E-state index is 0. The van der Waals surface area contributed by atoms with E-state index in [0.717, 1.165) is 22.8 Å². The molecule has 0 amide bonds. The van der Waals surface area contributed by atoms with E-state index < -0.39 is 5.54 Å². The van der Waals surface area contributed by atoms with E-state index in [1.807, 2.05) is 30.5 Å². The van der Waals surface area contributed by atoms with Crippen molar-refractivity contribution in [3.05, 3.63) is 36.0 Å². The Bertz CT molecular complexity index is 494. The van der Waals surface area contributed by atoms with Gasteiger partial charge in [-0.05, 0) is 25.0 Å². The highest BCUT2D eigenvalue weighted by Crippen LogP contribution is 2.20. The molecule has 0 spiro atoms. The number of hydrogen-bond acceptors (Lipinski definition) is 2. The van der Waals surface area contributed by atoms with Crippen LogP contribution in [0.25, 0.3) is 10.9 Å². The Hall–Kier alpha value is -1.61. The number of para-hydroxylation sites is 1. The largest absolute Gasteiger partial charge is 0.361 e. The number of carbonyl (C=O) groups is 1. The molecule has 82 valence electrons. The molecule has 2 rings (SSSR count). The Morgan fingerprint density at radius 1 is 1.53 bits per heavy atom. The molecule has 2 aromatic rings. The summed E-state index contributed by atoms with van der Waals surface area (Å²) in [4.78, 5) is 13.9. The molecule has 0 aliphatic heterocycles. The summed E-state index contributed by atoms with van der Waals surface area (Å²) < 4.78 is 0. The van der Waals surface area contributed by atoms with Gasteiger partial charge in [0.05, 0.1) is 5.54 Å². The van der Waals surface area contributed by atoms with Crippen LogP contribution in [-0.2, 0) is 11.2 Å². The second-order valence-electron chi connectivity index (χ2n) is 4.16. The van der Waals surface area contributed by atoms with Gasteiger partial charge in [0, 0.05) is 20.0 Å². The highest BCUT2D eigenvalue weighted by Gasteiger charge is 2.19. The van der Waals surface area contributed by atoms with Gasteiger partial charge in [-0.3, -0.25) is 0 Å². The minimum Gasteiger partial charge on any atom is -0.361 e. The molecule has 1 heterocycles. The average Bonchev–Trinajstić information content (AvgIpc) is 2.62. The Morgan fingerprint density at radius 2 is 2.27 bits per heavy atom. The molecule has 0 aliphatic carbocycles. The number of fused-ring (bicyclic) bond motifs is 1. The third-order valence-corrected chi connectivity index (χ3v) is 2.52. The van der Waals surface area contributed by atoms with E-state index in [-0.39, 0.29) is 2.85 Å². The molecule has 0 bridgehead atoms. The first-order valence-corrected chi connectivity index (χ1v) is 4.92. The molecule has 0 saturated carbocycles. The zero-order valence-electron chi connectivity index (χ0n) is 8.66. The van der Waals surface area contributed by atoms with Crippen molar-refractivity contribution < 1.29 is 7.65 Å². The Kier molecular flexibility index (Phi) is 2.32. The third-order valence-electron chi connectivity index (χ3n) is 2.52. The van der Waals surface area contributed by atoms with Crippen molar-refractivity contribution in [1.82, 2.24) is 4.98 Å². The molecule has 3 nitrogen and oxygen atoms in total. The van der Waals surface area contributed by atoms with Crippen LogP contribution in [0.2, 0.25) is 0 Å². The van der Waals surface area contributed by atoms with Gasteiger partial charge >= 0.3 is 0 Å². The molecule has 15 heavy (non-hydrogen) atoms. The van der Waals surface area contributed by atoms with Crippen molar-refractivity contribution in [1.29, 1.82) is 0 Å². The fourth-order valence-corrected chi connectivity index (χ4v) is 1.73. The molecular formula is C12H18N2O. The van der Waals surface area contributed by atoms with Crippen molar-refractivity contribution in [2.45, 2.75) is 18.9 Å². The van der Waals surface area contributed by atoms with E-state index in [2.05, 4.69) is 4.98 Å². The van der Waals surface area contributed by atoms with E-state index in [1.54, 1.807) is 6.92 Å². The smallest absolute Gasteiger partial charge is 0.139 e. The highest BCUT2D eigenvalue weighted by atomic mass is 16.1. The van der Waals surface area contributed by atoms with Crippen LogP contribution in [0.5, 0.6) is 0 Å². The van der Waals surface area contributed by atoms with E-state index >= 15 is 0 Å². The summed E-state index contributed by atoms with van der Waals surface area (Å²) in [5, 5.41) is 1.14. The third kappa shape index (κ3) is 1.92. The summed E-state index contributed by atoms with van der Waals surface area (Å²) >= 11 is 0. The van der Waals surface area contributed by atoms with Gasteiger partial charge in [0.25, 0.3) is 0 Å². The summed E-state index contributed by atoms with van der Waals surface area (Å²) in [5.74, 6) is 0. The summed E-state index contributed by atoms with van der Waals surface area (Å²) in [6.07, 6.45) is 3.27. The number of hydrogen-bond donors (Lipinski definition) is 2. The molecule has 1 aromatic heterocycles. The van der Waals surface area contributed by atoms with Crippen LogP contribution in [0.1, 0.15) is 15.3 Å². The average molecular weight is 206 g/mol. The van der Waals surface area contributed by atoms with Crippen LogP contribution in [0.15, 0.2) is 30.5 Å². The maximum Gasteiger partial charge on any atom is 0.139 e. The lowest BCUT2D eigenvalue weighted by atomic mass is 9.95. The number of carbonyl (C=O) groups excluding carboxylic acids is 1. The van der Waals surface area contributed by atoms with E-state index in [1.165, 1.54) is 0 Å². The molecule has 0 unspecified atom stereocenters. The quantitative estimate of drug-likeness (QED) is 0.756. The van der Waals surface area contributed by atoms with Crippen LogP contribution < -0.4 is 5.73 Å². The summed E-state index contributed by atoms with van der Waals surface area (Å²) in [5.41, 5.74) is 7.19. The van der Waals surface area contributed by atoms with E-state index in [0.29, 0.717) is 6.42 Å².